The summed E-state index contributed by atoms with van der Waals surface area (Å²) in [5.74, 6) is 3.37. The Kier molecular flexibility index (Phi) is 5.92. The predicted octanol–water partition coefficient (Wildman–Crippen LogP) is 3.90. The minimum atomic E-state index is 0.447. The van der Waals surface area contributed by atoms with Gasteiger partial charge in [0.1, 0.15) is 0 Å². The standard InChI is InChI=1S/C18H36N2/c1-5-6-16-7-8-18(19)17(10-16)12-20-11-13(2)9-14(3)15(20)4/h13-18H,5-12,19H2,1-4H3. The summed E-state index contributed by atoms with van der Waals surface area (Å²) in [7, 11) is 0. The first-order valence-electron chi connectivity index (χ1n) is 9.00. The number of rotatable bonds is 4. The van der Waals surface area contributed by atoms with E-state index in [1.54, 1.807) is 0 Å². The van der Waals surface area contributed by atoms with E-state index in [4.69, 9.17) is 5.73 Å². The molecule has 0 aromatic rings. The van der Waals surface area contributed by atoms with Crippen LogP contribution in [0.4, 0.5) is 0 Å². The molecule has 0 aromatic heterocycles. The van der Waals surface area contributed by atoms with Crippen molar-refractivity contribution in [1.82, 2.24) is 4.90 Å². The van der Waals surface area contributed by atoms with Gasteiger partial charge in [0.05, 0.1) is 0 Å². The molecule has 1 heterocycles. The largest absolute Gasteiger partial charge is 0.327 e. The SMILES string of the molecule is CCCC1CCC(N)C(CN2CC(C)CC(C)C2C)C1. The fraction of sp³-hybridized carbons (Fsp3) is 1.00. The normalized spacial score (nSPS) is 43.6. The third kappa shape index (κ3) is 3.98. The lowest BCUT2D eigenvalue weighted by Crippen LogP contribution is -2.51. The van der Waals surface area contributed by atoms with Crippen LogP contribution in [-0.4, -0.2) is 30.1 Å². The molecule has 0 radical (unpaired) electrons. The fourth-order valence-electron chi connectivity index (χ4n) is 4.64. The maximum Gasteiger partial charge on any atom is 0.00929 e. The summed E-state index contributed by atoms with van der Waals surface area (Å²) in [6, 6.07) is 1.19. The maximum absolute atomic E-state index is 6.44. The van der Waals surface area contributed by atoms with Crippen molar-refractivity contribution < 1.29 is 0 Å². The highest BCUT2D eigenvalue weighted by Gasteiger charge is 2.34. The number of likely N-dealkylation sites (tertiary alicyclic amines) is 1. The van der Waals surface area contributed by atoms with Crippen LogP contribution in [0.15, 0.2) is 0 Å². The van der Waals surface area contributed by atoms with Gasteiger partial charge in [-0.2, -0.15) is 0 Å². The summed E-state index contributed by atoms with van der Waals surface area (Å²) in [6.07, 6.45) is 8.14. The number of hydrogen-bond acceptors (Lipinski definition) is 2. The van der Waals surface area contributed by atoms with Gasteiger partial charge < -0.3 is 5.73 Å². The minimum Gasteiger partial charge on any atom is -0.327 e. The van der Waals surface area contributed by atoms with E-state index in [1.165, 1.54) is 51.6 Å². The first-order valence-corrected chi connectivity index (χ1v) is 9.00. The molecule has 0 amide bonds. The van der Waals surface area contributed by atoms with E-state index in [9.17, 15) is 0 Å². The van der Waals surface area contributed by atoms with Gasteiger partial charge in [-0.3, -0.25) is 4.90 Å². The quantitative estimate of drug-likeness (QED) is 0.846. The lowest BCUT2D eigenvalue weighted by atomic mass is 9.75. The number of hydrogen-bond donors (Lipinski definition) is 1. The van der Waals surface area contributed by atoms with Crippen LogP contribution >= 0.6 is 0 Å². The highest BCUT2D eigenvalue weighted by molar-refractivity contribution is 4.88. The molecule has 118 valence electrons. The predicted molar refractivity (Wildman–Crippen MR) is 87.7 cm³/mol. The van der Waals surface area contributed by atoms with Crippen LogP contribution in [0.1, 0.15) is 66.2 Å². The molecule has 20 heavy (non-hydrogen) atoms. The zero-order valence-corrected chi connectivity index (χ0v) is 14.1. The molecule has 2 fully saturated rings. The Bertz CT molecular complexity index is 291. The summed E-state index contributed by atoms with van der Waals surface area (Å²) in [4.78, 5) is 2.75. The molecule has 6 atom stereocenters. The molecular weight excluding hydrogens is 244 g/mol. The third-order valence-electron chi connectivity index (χ3n) is 6.04. The van der Waals surface area contributed by atoms with Crippen LogP contribution in [0, 0.1) is 23.7 Å². The zero-order valence-electron chi connectivity index (χ0n) is 14.1. The monoisotopic (exact) mass is 280 g/mol. The van der Waals surface area contributed by atoms with Gasteiger partial charge >= 0.3 is 0 Å². The molecule has 2 N–H and O–H groups in total. The van der Waals surface area contributed by atoms with E-state index in [2.05, 4.69) is 32.6 Å². The molecule has 0 aromatic carbocycles. The summed E-state index contributed by atoms with van der Waals surface area (Å²) in [5.41, 5.74) is 6.44. The Morgan fingerprint density at radius 1 is 1.10 bits per heavy atom. The highest BCUT2D eigenvalue weighted by atomic mass is 15.2. The number of nitrogens with two attached hydrogens (primary N) is 1. The fourth-order valence-corrected chi connectivity index (χ4v) is 4.64. The first-order chi connectivity index (χ1) is 9.51. The molecule has 1 saturated carbocycles. The minimum absolute atomic E-state index is 0.447. The van der Waals surface area contributed by atoms with Crippen molar-refractivity contribution in [1.29, 1.82) is 0 Å². The molecule has 2 heteroatoms. The third-order valence-corrected chi connectivity index (χ3v) is 6.04. The van der Waals surface area contributed by atoms with Gasteiger partial charge in [-0.15, -0.1) is 0 Å². The lowest BCUT2D eigenvalue weighted by Gasteiger charge is -2.45. The van der Waals surface area contributed by atoms with E-state index in [0.29, 0.717) is 6.04 Å². The summed E-state index contributed by atoms with van der Waals surface area (Å²) in [6.45, 7) is 12.1. The van der Waals surface area contributed by atoms with E-state index in [-0.39, 0.29) is 0 Å². The van der Waals surface area contributed by atoms with Crippen LogP contribution in [0.3, 0.4) is 0 Å². The number of nitrogens with zero attached hydrogens (tertiary/aromatic N) is 1. The van der Waals surface area contributed by atoms with Crippen LogP contribution in [0.25, 0.3) is 0 Å². The smallest absolute Gasteiger partial charge is 0.00929 e. The van der Waals surface area contributed by atoms with E-state index in [1.807, 2.05) is 0 Å². The van der Waals surface area contributed by atoms with Crippen LogP contribution in [0.5, 0.6) is 0 Å². The molecule has 0 spiro atoms. The molecule has 0 bridgehead atoms. The van der Waals surface area contributed by atoms with Crippen LogP contribution in [-0.2, 0) is 0 Å². The Hall–Kier alpha value is -0.0800. The van der Waals surface area contributed by atoms with Gasteiger partial charge in [0, 0.05) is 25.2 Å². The first kappa shape index (κ1) is 16.3. The average molecular weight is 281 g/mol. The second-order valence-electron chi connectivity index (χ2n) is 7.90. The van der Waals surface area contributed by atoms with Gasteiger partial charge in [0.15, 0.2) is 0 Å². The van der Waals surface area contributed by atoms with Gasteiger partial charge in [-0.05, 0) is 56.3 Å². The molecule has 2 nitrogen and oxygen atoms in total. The summed E-state index contributed by atoms with van der Waals surface area (Å²) < 4.78 is 0. The summed E-state index contributed by atoms with van der Waals surface area (Å²) >= 11 is 0. The van der Waals surface area contributed by atoms with Crippen molar-refractivity contribution in [2.45, 2.75) is 78.3 Å². The Morgan fingerprint density at radius 3 is 2.55 bits per heavy atom. The Labute approximate surface area is 126 Å². The Morgan fingerprint density at radius 2 is 1.85 bits per heavy atom. The van der Waals surface area contributed by atoms with Crippen molar-refractivity contribution in [3.05, 3.63) is 0 Å². The second kappa shape index (κ2) is 7.26. The van der Waals surface area contributed by atoms with Crippen LogP contribution in [0.2, 0.25) is 0 Å². The number of piperidine rings is 1. The van der Waals surface area contributed by atoms with Crippen molar-refractivity contribution in [2.75, 3.05) is 13.1 Å². The molecule has 1 aliphatic carbocycles. The van der Waals surface area contributed by atoms with Gasteiger partial charge in [0.2, 0.25) is 0 Å². The molecule has 6 unspecified atom stereocenters. The van der Waals surface area contributed by atoms with Gasteiger partial charge in [-0.1, -0.05) is 33.6 Å². The summed E-state index contributed by atoms with van der Waals surface area (Å²) in [5, 5.41) is 0. The average Bonchev–Trinajstić information content (AvgIpc) is 2.39. The van der Waals surface area contributed by atoms with Gasteiger partial charge in [-0.25, -0.2) is 0 Å². The van der Waals surface area contributed by atoms with Crippen molar-refractivity contribution in [3.8, 4) is 0 Å². The van der Waals surface area contributed by atoms with Crippen molar-refractivity contribution in [2.24, 2.45) is 29.4 Å². The van der Waals surface area contributed by atoms with E-state index < -0.39 is 0 Å². The van der Waals surface area contributed by atoms with Crippen molar-refractivity contribution >= 4 is 0 Å². The lowest BCUT2D eigenvalue weighted by molar-refractivity contribution is 0.0479. The molecule has 2 rings (SSSR count). The van der Waals surface area contributed by atoms with Crippen LogP contribution < -0.4 is 5.73 Å². The highest BCUT2D eigenvalue weighted by Crippen LogP contribution is 2.34. The molecule has 1 saturated heterocycles. The van der Waals surface area contributed by atoms with Crippen molar-refractivity contribution in [3.63, 3.8) is 0 Å². The van der Waals surface area contributed by atoms with E-state index >= 15 is 0 Å². The molecule has 1 aliphatic heterocycles. The van der Waals surface area contributed by atoms with Gasteiger partial charge in [0.25, 0.3) is 0 Å². The maximum atomic E-state index is 6.44. The topological polar surface area (TPSA) is 29.3 Å². The molecule has 2 aliphatic rings. The zero-order chi connectivity index (χ0) is 14.7. The second-order valence-corrected chi connectivity index (χ2v) is 7.90. The Balaban J connectivity index is 1.92. The molecular formula is C18H36N2. The van der Waals surface area contributed by atoms with E-state index in [0.717, 1.165) is 29.7 Å².